The molecule has 2 unspecified atom stereocenters. The first-order valence-corrected chi connectivity index (χ1v) is 9.66. The second-order valence-electron chi connectivity index (χ2n) is 6.70. The topological polar surface area (TPSA) is 72.2 Å². The molecule has 2 aliphatic rings. The van der Waals surface area contributed by atoms with Crippen LogP contribution in [0.2, 0.25) is 0 Å². The average molecular weight is 332 g/mol. The maximum absolute atomic E-state index is 12.4. The molecule has 2 aliphatic heterocycles. The van der Waals surface area contributed by atoms with Crippen molar-refractivity contribution in [3.63, 3.8) is 0 Å². The van der Waals surface area contributed by atoms with E-state index in [0.29, 0.717) is 25.7 Å². The van der Waals surface area contributed by atoms with Gasteiger partial charge < -0.3 is 5.11 Å². The summed E-state index contributed by atoms with van der Waals surface area (Å²) in [6.45, 7) is 0. The number of fused-ring (bicyclic) bond motifs is 2. The number of aliphatic hydroxyl groups is 1. The van der Waals surface area contributed by atoms with Crippen LogP contribution in [-0.4, -0.2) is 33.8 Å². The summed E-state index contributed by atoms with van der Waals surface area (Å²) in [6, 6.07) is 9.47. The number of benzene rings is 1. The molecule has 2 fully saturated rings. The molecule has 1 N–H and O–H groups in total. The molecule has 122 valence electrons. The van der Waals surface area contributed by atoms with Gasteiger partial charge in [-0.2, -0.15) is 5.10 Å². The van der Waals surface area contributed by atoms with E-state index >= 15 is 0 Å². The van der Waals surface area contributed by atoms with Crippen molar-refractivity contribution in [1.82, 2.24) is 9.78 Å². The van der Waals surface area contributed by atoms with E-state index < -0.39 is 25.9 Å². The SMILES string of the molecule is O=S1(=O)C2CCCC1CC(O)(c1ccc(-n3cccn3)cc1)C2. The van der Waals surface area contributed by atoms with Crippen LogP contribution in [0.4, 0.5) is 0 Å². The van der Waals surface area contributed by atoms with Gasteiger partial charge in [-0.1, -0.05) is 18.6 Å². The van der Waals surface area contributed by atoms with Crippen molar-refractivity contribution in [2.24, 2.45) is 0 Å². The van der Waals surface area contributed by atoms with E-state index in [2.05, 4.69) is 5.10 Å². The number of sulfone groups is 1. The van der Waals surface area contributed by atoms with E-state index in [1.54, 1.807) is 10.9 Å². The molecule has 2 atom stereocenters. The Morgan fingerprint density at radius 3 is 2.35 bits per heavy atom. The van der Waals surface area contributed by atoms with E-state index in [9.17, 15) is 13.5 Å². The van der Waals surface area contributed by atoms with Gasteiger partial charge in [0, 0.05) is 12.4 Å². The van der Waals surface area contributed by atoms with Crippen molar-refractivity contribution in [2.45, 2.75) is 48.2 Å². The Hall–Kier alpha value is -1.66. The van der Waals surface area contributed by atoms with E-state index in [4.69, 9.17) is 0 Å². The Morgan fingerprint density at radius 2 is 1.78 bits per heavy atom. The lowest BCUT2D eigenvalue weighted by molar-refractivity contribution is 0.00501. The van der Waals surface area contributed by atoms with Crippen molar-refractivity contribution in [2.75, 3.05) is 0 Å². The molecule has 0 saturated carbocycles. The van der Waals surface area contributed by atoms with Crippen LogP contribution in [-0.2, 0) is 15.4 Å². The average Bonchev–Trinajstić information content (AvgIpc) is 3.03. The summed E-state index contributed by atoms with van der Waals surface area (Å²) in [7, 11) is -3.06. The molecule has 1 aromatic heterocycles. The maximum atomic E-state index is 12.4. The highest BCUT2D eigenvalue weighted by Crippen LogP contribution is 2.46. The van der Waals surface area contributed by atoms with Crippen molar-refractivity contribution in [3.8, 4) is 5.69 Å². The van der Waals surface area contributed by atoms with Gasteiger partial charge in [-0.05, 0) is 49.4 Å². The lowest BCUT2D eigenvalue weighted by atomic mass is 9.80. The zero-order valence-electron chi connectivity index (χ0n) is 12.8. The zero-order chi connectivity index (χ0) is 16.1. The standard InChI is InChI=1S/C17H20N2O3S/c20-17(11-15-3-1-4-16(12-17)23(15,21)22)13-5-7-14(8-6-13)19-10-2-9-18-19/h2,5-10,15-16,20H,1,3-4,11-12H2. The van der Waals surface area contributed by atoms with Gasteiger partial charge in [0.2, 0.25) is 0 Å². The number of aromatic nitrogens is 2. The maximum Gasteiger partial charge on any atom is 0.156 e. The summed E-state index contributed by atoms with van der Waals surface area (Å²) in [5.41, 5.74) is 0.690. The van der Waals surface area contributed by atoms with Gasteiger partial charge in [0.25, 0.3) is 0 Å². The van der Waals surface area contributed by atoms with Gasteiger partial charge in [-0.15, -0.1) is 0 Å². The van der Waals surface area contributed by atoms with Crippen LogP contribution in [0.3, 0.4) is 0 Å². The fourth-order valence-electron chi connectivity index (χ4n) is 4.03. The fourth-order valence-corrected chi connectivity index (χ4v) is 6.58. The summed E-state index contributed by atoms with van der Waals surface area (Å²) in [6.07, 6.45) is 6.50. The smallest absolute Gasteiger partial charge is 0.156 e. The number of hydrogen-bond acceptors (Lipinski definition) is 4. The van der Waals surface area contributed by atoms with Crippen LogP contribution >= 0.6 is 0 Å². The van der Waals surface area contributed by atoms with Crippen LogP contribution in [0.15, 0.2) is 42.7 Å². The summed E-state index contributed by atoms with van der Waals surface area (Å²) in [5, 5.41) is 14.5. The molecule has 5 nitrogen and oxygen atoms in total. The predicted molar refractivity (Wildman–Crippen MR) is 87.0 cm³/mol. The molecule has 0 aliphatic carbocycles. The van der Waals surface area contributed by atoms with Crippen molar-refractivity contribution in [3.05, 3.63) is 48.3 Å². The predicted octanol–water partition coefficient (Wildman–Crippen LogP) is 2.19. The Labute approximate surface area is 135 Å². The molecule has 23 heavy (non-hydrogen) atoms. The first-order valence-electron chi connectivity index (χ1n) is 8.05. The Balaban J connectivity index is 1.65. The fraction of sp³-hybridized carbons (Fsp3) is 0.471. The summed E-state index contributed by atoms with van der Waals surface area (Å²) in [5.74, 6) is 0. The molecular formula is C17H20N2O3S. The molecule has 0 spiro atoms. The van der Waals surface area contributed by atoms with Crippen molar-refractivity contribution >= 4 is 9.84 Å². The second kappa shape index (κ2) is 5.18. The highest BCUT2D eigenvalue weighted by atomic mass is 32.2. The van der Waals surface area contributed by atoms with Crippen molar-refractivity contribution < 1.29 is 13.5 Å². The van der Waals surface area contributed by atoms with Crippen LogP contribution in [0.5, 0.6) is 0 Å². The second-order valence-corrected chi connectivity index (χ2v) is 9.21. The summed E-state index contributed by atoms with van der Waals surface area (Å²) >= 11 is 0. The minimum Gasteiger partial charge on any atom is -0.385 e. The van der Waals surface area contributed by atoms with Gasteiger partial charge in [0.1, 0.15) is 0 Å². The molecule has 2 bridgehead atoms. The molecule has 0 amide bonds. The molecule has 3 heterocycles. The van der Waals surface area contributed by atoms with E-state index in [-0.39, 0.29) is 0 Å². The zero-order valence-corrected chi connectivity index (χ0v) is 13.6. The van der Waals surface area contributed by atoms with Gasteiger partial charge >= 0.3 is 0 Å². The quantitative estimate of drug-likeness (QED) is 0.915. The minimum atomic E-state index is -3.06. The Kier molecular flexibility index (Phi) is 3.35. The highest BCUT2D eigenvalue weighted by molar-refractivity contribution is 7.92. The van der Waals surface area contributed by atoms with Crippen LogP contribution in [0, 0.1) is 0 Å². The molecule has 1 aromatic carbocycles. The van der Waals surface area contributed by atoms with Gasteiger partial charge in [-0.25, -0.2) is 13.1 Å². The van der Waals surface area contributed by atoms with Crippen LogP contribution < -0.4 is 0 Å². The normalized spacial score (nSPS) is 32.6. The molecular weight excluding hydrogens is 312 g/mol. The Bertz CT molecular complexity index is 777. The van der Waals surface area contributed by atoms with E-state index in [0.717, 1.165) is 17.7 Å². The third-order valence-electron chi connectivity index (χ3n) is 5.29. The van der Waals surface area contributed by atoms with Crippen LogP contribution in [0.1, 0.15) is 37.7 Å². The van der Waals surface area contributed by atoms with E-state index in [1.807, 2.05) is 36.5 Å². The van der Waals surface area contributed by atoms with Crippen LogP contribution in [0.25, 0.3) is 5.69 Å². The van der Waals surface area contributed by atoms with Crippen molar-refractivity contribution in [1.29, 1.82) is 0 Å². The molecule has 2 aromatic rings. The molecule has 4 rings (SSSR count). The lowest BCUT2D eigenvalue weighted by Gasteiger charge is -2.44. The monoisotopic (exact) mass is 332 g/mol. The number of rotatable bonds is 2. The number of nitrogens with zero attached hydrogens (tertiary/aromatic N) is 2. The summed E-state index contributed by atoms with van der Waals surface area (Å²) in [4.78, 5) is 0. The summed E-state index contributed by atoms with van der Waals surface area (Å²) < 4.78 is 26.6. The highest BCUT2D eigenvalue weighted by Gasteiger charge is 2.50. The van der Waals surface area contributed by atoms with Gasteiger partial charge in [-0.3, -0.25) is 0 Å². The van der Waals surface area contributed by atoms with Gasteiger partial charge in [0.15, 0.2) is 9.84 Å². The lowest BCUT2D eigenvalue weighted by Crippen LogP contribution is -2.50. The number of hydrogen-bond donors (Lipinski definition) is 1. The third-order valence-corrected chi connectivity index (χ3v) is 7.95. The minimum absolute atomic E-state index is 0.312. The molecule has 2 saturated heterocycles. The largest absolute Gasteiger partial charge is 0.385 e. The third kappa shape index (κ3) is 2.40. The van der Waals surface area contributed by atoms with E-state index in [1.165, 1.54) is 0 Å². The van der Waals surface area contributed by atoms with Gasteiger partial charge in [0.05, 0.1) is 21.8 Å². The first kappa shape index (κ1) is 14.9. The molecule has 6 heteroatoms. The first-order chi connectivity index (χ1) is 11.0. The Morgan fingerprint density at radius 1 is 1.13 bits per heavy atom. The molecule has 0 radical (unpaired) electrons.